The molecule has 2 aromatic heterocycles. The molecule has 0 saturated heterocycles. The van der Waals surface area contributed by atoms with Crippen molar-refractivity contribution in [3.05, 3.63) is 63.3 Å². The van der Waals surface area contributed by atoms with Crippen molar-refractivity contribution in [1.82, 2.24) is 9.97 Å². The highest BCUT2D eigenvalue weighted by atomic mass is 35.5. The van der Waals surface area contributed by atoms with E-state index >= 15 is 0 Å². The number of aromatic nitrogens is 2. The van der Waals surface area contributed by atoms with Gasteiger partial charge in [-0.05, 0) is 49.9 Å². The molecule has 0 N–H and O–H groups in total. The number of nitrogens with zero attached hydrogens (tertiary/aromatic N) is 3. The Balaban J connectivity index is 1.87. The average Bonchev–Trinajstić information content (AvgIpc) is 3.23. The van der Waals surface area contributed by atoms with Gasteiger partial charge in [-0.2, -0.15) is 0 Å². The Hall–Kier alpha value is -2.17. The average molecular weight is 442 g/mol. The first kappa shape index (κ1) is 21.1. The fraction of sp³-hybridized carbons (Fsp3) is 0.375. The number of halogens is 2. The second kappa shape index (κ2) is 8.91. The minimum Gasteiger partial charge on any atom is -0.469 e. The lowest BCUT2D eigenvalue weighted by atomic mass is 9.84. The van der Waals surface area contributed by atoms with Gasteiger partial charge in [0, 0.05) is 28.5 Å². The molecule has 0 aliphatic heterocycles. The normalized spacial score (nSPS) is 17.4. The molecule has 0 radical (unpaired) electrons. The third-order valence-electron chi connectivity index (χ3n) is 5.72. The topological polar surface area (TPSA) is 51.3 Å². The van der Waals surface area contributed by atoms with Crippen LogP contribution < -0.4 is 0 Å². The van der Waals surface area contributed by atoms with Crippen LogP contribution in [0.3, 0.4) is 0 Å². The Morgan fingerprint density at radius 2 is 1.83 bits per heavy atom. The molecule has 0 spiro atoms. The van der Waals surface area contributed by atoms with Crippen LogP contribution in [0.4, 0.5) is 5.82 Å². The predicted molar refractivity (Wildman–Crippen MR) is 123 cm³/mol. The quantitative estimate of drug-likeness (QED) is 0.418. The Morgan fingerprint density at radius 1 is 1.03 bits per heavy atom. The number of hydrogen-bond donors (Lipinski definition) is 0. The molecule has 3 aromatic rings. The molecule has 0 saturated carbocycles. The van der Waals surface area contributed by atoms with Crippen LogP contribution in [0, 0.1) is 5.92 Å². The van der Waals surface area contributed by atoms with Crippen LogP contribution in [-0.2, 0) is 19.3 Å². The van der Waals surface area contributed by atoms with E-state index in [0.29, 0.717) is 21.8 Å². The molecule has 0 amide bonds. The Labute approximate surface area is 187 Å². The van der Waals surface area contributed by atoms with Crippen molar-refractivity contribution < 1.29 is 4.42 Å². The Kier molecular flexibility index (Phi) is 6.26. The summed E-state index contributed by atoms with van der Waals surface area (Å²) in [5, 5.41) is 1.18. The van der Waals surface area contributed by atoms with Gasteiger partial charge in [0.05, 0.1) is 34.1 Å². The third-order valence-corrected chi connectivity index (χ3v) is 6.27. The minimum absolute atomic E-state index is 0.400. The Bertz CT molecular complexity index is 1100. The molecule has 30 heavy (non-hydrogen) atoms. The number of hydrogen-bond acceptors (Lipinski definition) is 4. The van der Waals surface area contributed by atoms with E-state index in [1.54, 1.807) is 12.3 Å². The molecule has 1 aliphatic carbocycles. The van der Waals surface area contributed by atoms with Crippen LogP contribution >= 0.6 is 23.2 Å². The molecule has 0 unspecified atom stereocenters. The minimum atomic E-state index is 0.400. The predicted octanol–water partition coefficient (Wildman–Crippen LogP) is 7.26. The summed E-state index contributed by atoms with van der Waals surface area (Å²) in [6.07, 6.45) is 6.27. The standard InChI is InChI=1S/C24H25Cl2N3O/c1-4-14-7-10-21-17(11-12-30-21)22(14)29-24-20(6-3)27-23(19(5-2)28-24)16-9-8-15(25)13-18(16)26/h8-9,11-14H,4-7,10H2,1-3H3/t14-/m1/s1. The molecule has 1 aromatic carbocycles. The fourth-order valence-corrected chi connectivity index (χ4v) is 4.55. The summed E-state index contributed by atoms with van der Waals surface area (Å²) < 4.78 is 5.68. The maximum absolute atomic E-state index is 6.48. The van der Waals surface area contributed by atoms with Gasteiger partial charge in [-0.15, -0.1) is 0 Å². The SMILES string of the molecule is CCc1nc(-c2ccc(Cl)cc2Cl)c(CC)nc1N=C1c2ccoc2CC[C@H]1CC. The van der Waals surface area contributed by atoms with Crippen molar-refractivity contribution in [2.45, 2.75) is 52.9 Å². The van der Waals surface area contributed by atoms with E-state index < -0.39 is 0 Å². The van der Waals surface area contributed by atoms with Crippen LogP contribution in [-0.4, -0.2) is 15.7 Å². The van der Waals surface area contributed by atoms with Crippen LogP contribution in [0.2, 0.25) is 10.0 Å². The van der Waals surface area contributed by atoms with Crippen molar-refractivity contribution in [2.24, 2.45) is 10.9 Å². The molecule has 1 atom stereocenters. The molecule has 2 heterocycles. The van der Waals surface area contributed by atoms with Crippen LogP contribution in [0.1, 0.15) is 56.3 Å². The van der Waals surface area contributed by atoms with E-state index in [2.05, 4.69) is 20.8 Å². The van der Waals surface area contributed by atoms with Gasteiger partial charge in [-0.1, -0.05) is 44.0 Å². The van der Waals surface area contributed by atoms with Crippen LogP contribution in [0.5, 0.6) is 0 Å². The molecule has 4 rings (SSSR count). The second-order valence-electron chi connectivity index (χ2n) is 7.52. The largest absolute Gasteiger partial charge is 0.469 e. The van der Waals surface area contributed by atoms with E-state index in [9.17, 15) is 0 Å². The number of aryl methyl sites for hydroxylation is 3. The van der Waals surface area contributed by atoms with Crippen molar-refractivity contribution in [2.75, 3.05) is 0 Å². The maximum atomic E-state index is 6.48. The molecule has 4 nitrogen and oxygen atoms in total. The van der Waals surface area contributed by atoms with Gasteiger partial charge in [-0.25, -0.2) is 15.0 Å². The van der Waals surface area contributed by atoms with Gasteiger partial charge in [0.25, 0.3) is 0 Å². The first-order chi connectivity index (χ1) is 14.5. The van der Waals surface area contributed by atoms with E-state index in [1.165, 1.54) is 0 Å². The van der Waals surface area contributed by atoms with Crippen LogP contribution in [0.15, 0.2) is 39.9 Å². The van der Waals surface area contributed by atoms with E-state index in [1.807, 2.05) is 18.2 Å². The smallest absolute Gasteiger partial charge is 0.174 e. The molecule has 0 bridgehead atoms. The number of rotatable bonds is 5. The lowest BCUT2D eigenvalue weighted by molar-refractivity contribution is 0.470. The van der Waals surface area contributed by atoms with Crippen molar-refractivity contribution in [3.63, 3.8) is 0 Å². The van der Waals surface area contributed by atoms with E-state index in [4.69, 9.17) is 42.6 Å². The van der Waals surface area contributed by atoms with Gasteiger partial charge in [0.15, 0.2) is 5.82 Å². The van der Waals surface area contributed by atoms with Gasteiger partial charge in [0.2, 0.25) is 0 Å². The molecule has 6 heteroatoms. The zero-order valence-electron chi connectivity index (χ0n) is 17.5. The molecule has 1 aliphatic rings. The zero-order chi connectivity index (χ0) is 21.3. The van der Waals surface area contributed by atoms with Gasteiger partial charge < -0.3 is 4.42 Å². The number of furan rings is 1. The van der Waals surface area contributed by atoms with Crippen molar-refractivity contribution in [1.29, 1.82) is 0 Å². The first-order valence-electron chi connectivity index (χ1n) is 10.6. The third kappa shape index (κ3) is 3.91. The summed E-state index contributed by atoms with van der Waals surface area (Å²) in [6.45, 7) is 6.36. The van der Waals surface area contributed by atoms with Gasteiger partial charge in [0.1, 0.15) is 5.76 Å². The van der Waals surface area contributed by atoms with Crippen molar-refractivity contribution in [3.8, 4) is 11.3 Å². The lowest BCUT2D eigenvalue weighted by Gasteiger charge is -2.23. The Morgan fingerprint density at radius 3 is 2.53 bits per heavy atom. The summed E-state index contributed by atoms with van der Waals surface area (Å²) in [4.78, 5) is 15.0. The second-order valence-corrected chi connectivity index (χ2v) is 8.36. The summed E-state index contributed by atoms with van der Waals surface area (Å²) >= 11 is 12.6. The first-order valence-corrected chi connectivity index (χ1v) is 11.3. The monoisotopic (exact) mass is 441 g/mol. The van der Waals surface area contributed by atoms with E-state index in [0.717, 1.165) is 71.8 Å². The summed E-state index contributed by atoms with van der Waals surface area (Å²) in [7, 11) is 0. The maximum Gasteiger partial charge on any atom is 0.174 e. The zero-order valence-corrected chi connectivity index (χ0v) is 19.0. The van der Waals surface area contributed by atoms with Gasteiger partial charge in [-0.3, -0.25) is 0 Å². The fourth-order valence-electron chi connectivity index (χ4n) is 4.05. The molecular formula is C24H25Cl2N3O. The van der Waals surface area contributed by atoms with Crippen LogP contribution in [0.25, 0.3) is 11.3 Å². The molecular weight excluding hydrogens is 417 g/mol. The highest BCUT2D eigenvalue weighted by Crippen LogP contribution is 2.35. The van der Waals surface area contributed by atoms with E-state index in [-0.39, 0.29) is 0 Å². The highest BCUT2D eigenvalue weighted by molar-refractivity contribution is 6.36. The number of aliphatic imine (C=N–C) groups is 1. The summed E-state index contributed by atoms with van der Waals surface area (Å²) in [5.41, 5.74) is 5.58. The molecule has 0 fully saturated rings. The lowest BCUT2D eigenvalue weighted by Crippen LogP contribution is -2.22. The summed E-state index contributed by atoms with van der Waals surface area (Å²) in [5.74, 6) is 2.12. The van der Waals surface area contributed by atoms with Gasteiger partial charge >= 0.3 is 0 Å². The highest BCUT2D eigenvalue weighted by Gasteiger charge is 2.27. The summed E-state index contributed by atoms with van der Waals surface area (Å²) in [6, 6.07) is 7.51. The number of benzene rings is 1. The van der Waals surface area contributed by atoms with Crippen molar-refractivity contribution >= 4 is 34.7 Å². The molecule has 156 valence electrons. The number of fused-ring (bicyclic) bond motifs is 1.